The molecule has 72 valence electrons. The van der Waals surface area contributed by atoms with E-state index in [1.54, 1.807) is 0 Å². The van der Waals surface area contributed by atoms with Crippen LogP contribution in [0, 0.1) is 6.92 Å². The zero-order valence-corrected chi connectivity index (χ0v) is 8.33. The third-order valence-electron chi connectivity index (χ3n) is 2.40. The predicted molar refractivity (Wildman–Crippen MR) is 55.7 cm³/mol. The first-order chi connectivity index (χ1) is 6.76. The molecule has 14 heavy (non-hydrogen) atoms. The lowest BCUT2D eigenvalue weighted by molar-refractivity contribution is 0.112. The van der Waals surface area contributed by atoms with Crippen molar-refractivity contribution in [2.24, 2.45) is 0 Å². The fourth-order valence-corrected chi connectivity index (χ4v) is 1.67. The van der Waals surface area contributed by atoms with Gasteiger partial charge >= 0.3 is 0 Å². The largest absolute Gasteiger partial charge is 0.460 e. The van der Waals surface area contributed by atoms with Crippen LogP contribution in [0.15, 0.2) is 22.6 Å². The van der Waals surface area contributed by atoms with Crippen LogP contribution in [0.5, 0.6) is 0 Å². The second-order valence-electron chi connectivity index (χ2n) is 3.41. The average molecular weight is 188 g/mol. The maximum absolute atomic E-state index is 10.9. The molecule has 1 heterocycles. The van der Waals surface area contributed by atoms with Gasteiger partial charge < -0.3 is 4.42 Å². The van der Waals surface area contributed by atoms with Gasteiger partial charge in [-0.05, 0) is 18.6 Å². The van der Waals surface area contributed by atoms with Crippen LogP contribution in [0.1, 0.15) is 28.6 Å². The number of furan rings is 1. The van der Waals surface area contributed by atoms with Gasteiger partial charge in [0.05, 0.1) is 5.56 Å². The Labute approximate surface area is 82.5 Å². The Hall–Kier alpha value is -1.57. The first-order valence-electron chi connectivity index (χ1n) is 4.73. The van der Waals surface area contributed by atoms with Crippen LogP contribution in [0.2, 0.25) is 0 Å². The summed E-state index contributed by atoms with van der Waals surface area (Å²) in [6, 6.07) is 5.89. The van der Waals surface area contributed by atoms with Gasteiger partial charge in [0.1, 0.15) is 11.3 Å². The normalized spacial score (nSPS) is 10.7. The van der Waals surface area contributed by atoms with Crippen molar-refractivity contribution in [3.05, 3.63) is 35.1 Å². The van der Waals surface area contributed by atoms with Crippen molar-refractivity contribution < 1.29 is 9.21 Å². The second-order valence-corrected chi connectivity index (χ2v) is 3.41. The van der Waals surface area contributed by atoms with Crippen LogP contribution in [0.3, 0.4) is 0 Å². The molecule has 0 atom stereocenters. The van der Waals surface area contributed by atoms with E-state index in [0.717, 1.165) is 35.0 Å². The highest BCUT2D eigenvalue weighted by molar-refractivity contribution is 5.97. The highest BCUT2D eigenvalue weighted by Crippen LogP contribution is 2.25. The molecule has 2 heteroatoms. The van der Waals surface area contributed by atoms with Crippen molar-refractivity contribution >= 4 is 17.3 Å². The number of carbonyl (C=O) groups excluding carboxylic acids is 1. The van der Waals surface area contributed by atoms with E-state index < -0.39 is 0 Å². The van der Waals surface area contributed by atoms with Gasteiger partial charge in [0.25, 0.3) is 0 Å². The molecule has 0 aliphatic carbocycles. The standard InChI is InChI=1S/C12H12O2/c1-3-11-10(7-13)9-5-4-8(2)6-12(9)14-11/h4-7H,3H2,1-2H3. The van der Waals surface area contributed by atoms with Crippen LogP contribution in [0.4, 0.5) is 0 Å². The summed E-state index contributed by atoms with van der Waals surface area (Å²) in [4.78, 5) is 10.9. The minimum absolute atomic E-state index is 0.697. The zero-order valence-electron chi connectivity index (χ0n) is 8.33. The highest BCUT2D eigenvalue weighted by atomic mass is 16.3. The van der Waals surface area contributed by atoms with Gasteiger partial charge in [0.15, 0.2) is 6.29 Å². The Bertz CT molecular complexity index is 480. The fraction of sp³-hybridized carbons (Fsp3) is 0.250. The molecule has 2 nitrogen and oxygen atoms in total. The van der Waals surface area contributed by atoms with Crippen molar-refractivity contribution in [2.45, 2.75) is 20.3 Å². The molecule has 0 saturated carbocycles. The van der Waals surface area contributed by atoms with Gasteiger partial charge in [0.2, 0.25) is 0 Å². The van der Waals surface area contributed by atoms with Crippen molar-refractivity contribution in [3.63, 3.8) is 0 Å². The van der Waals surface area contributed by atoms with Gasteiger partial charge in [0, 0.05) is 11.8 Å². The van der Waals surface area contributed by atoms with Crippen molar-refractivity contribution in [2.75, 3.05) is 0 Å². The summed E-state index contributed by atoms with van der Waals surface area (Å²) in [5.41, 5.74) is 2.65. The summed E-state index contributed by atoms with van der Waals surface area (Å²) in [6.07, 6.45) is 1.63. The van der Waals surface area contributed by atoms with Crippen LogP contribution in [-0.2, 0) is 6.42 Å². The topological polar surface area (TPSA) is 30.2 Å². The van der Waals surface area contributed by atoms with Gasteiger partial charge in [-0.2, -0.15) is 0 Å². The van der Waals surface area contributed by atoms with E-state index in [9.17, 15) is 4.79 Å². The monoisotopic (exact) mass is 188 g/mol. The number of rotatable bonds is 2. The molecule has 2 aromatic rings. The minimum Gasteiger partial charge on any atom is -0.460 e. The van der Waals surface area contributed by atoms with E-state index in [4.69, 9.17) is 4.42 Å². The van der Waals surface area contributed by atoms with Crippen molar-refractivity contribution in [3.8, 4) is 0 Å². The number of hydrogen-bond donors (Lipinski definition) is 0. The number of aldehydes is 1. The quantitative estimate of drug-likeness (QED) is 0.678. The molecule has 0 unspecified atom stereocenters. The maximum Gasteiger partial charge on any atom is 0.154 e. The third-order valence-corrected chi connectivity index (χ3v) is 2.40. The molecule has 0 spiro atoms. The summed E-state index contributed by atoms with van der Waals surface area (Å²) in [5, 5.41) is 0.919. The molecule has 0 fully saturated rings. The van der Waals surface area contributed by atoms with E-state index in [0.29, 0.717) is 5.56 Å². The molecule has 0 bridgehead atoms. The van der Waals surface area contributed by atoms with Crippen molar-refractivity contribution in [1.82, 2.24) is 0 Å². The molecular weight excluding hydrogens is 176 g/mol. The molecule has 0 amide bonds. The molecule has 1 aromatic heterocycles. The van der Waals surface area contributed by atoms with Crippen LogP contribution in [-0.4, -0.2) is 6.29 Å². The first-order valence-corrected chi connectivity index (χ1v) is 4.73. The van der Waals surface area contributed by atoms with E-state index in [2.05, 4.69) is 0 Å². The molecular formula is C12H12O2. The van der Waals surface area contributed by atoms with Gasteiger partial charge in [-0.3, -0.25) is 4.79 Å². The summed E-state index contributed by atoms with van der Waals surface area (Å²) in [5.74, 6) is 0.778. The van der Waals surface area contributed by atoms with Gasteiger partial charge in [-0.1, -0.05) is 19.1 Å². The lowest BCUT2D eigenvalue weighted by Gasteiger charge is -1.90. The Morgan fingerprint density at radius 2 is 2.21 bits per heavy atom. The smallest absolute Gasteiger partial charge is 0.154 e. The number of aryl methyl sites for hydroxylation is 2. The van der Waals surface area contributed by atoms with Crippen LogP contribution in [0.25, 0.3) is 11.0 Å². The Balaban J connectivity index is 2.79. The lowest BCUT2D eigenvalue weighted by Crippen LogP contribution is -1.83. The van der Waals surface area contributed by atoms with Gasteiger partial charge in [-0.15, -0.1) is 0 Å². The van der Waals surface area contributed by atoms with Crippen LogP contribution >= 0.6 is 0 Å². The number of carbonyl (C=O) groups is 1. The number of benzene rings is 1. The Kier molecular flexibility index (Phi) is 2.12. The summed E-state index contributed by atoms with van der Waals surface area (Å²) >= 11 is 0. The molecule has 2 rings (SSSR count). The van der Waals surface area contributed by atoms with E-state index >= 15 is 0 Å². The van der Waals surface area contributed by atoms with Crippen LogP contribution < -0.4 is 0 Å². The van der Waals surface area contributed by atoms with E-state index in [1.807, 2.05) is 32.0 Å². The average Bonchev–Trinajstić information content (AvgIpc) is 2.54. The molecule has 0 aliphatic heterocycles. The lowest BCUT2D eigenvalue weighted by atomic mass is 10.1. The Morgan fingerprint density at radius 1 is 1.43 bits per heavy atom. The van der Waals surface area contributed by atoms with Gasteiger partial charge in [-0.25, -0.2) is 0 Å². The molecule has 1 aromatic carbocycles. The SMILES string of the molecule is CCc1oc2cc(C)ccc2c1C=O. The highest BCUT2D eigenvalue weighted by Gasteiger charge is 2.11. The predicted octanol–water partition coefficient (Wildman–Crippen LogP) is 3.12. The summed E-state index contributed by atoms with van der Waals surface area (Å²) in [6.45, 7) is 3.99. The molecule has 0 radical (unpaired) electrons. The first kappa shape index (κ1) is 9.00. The third kappa shape index (κ3) is 1.23. The number of fused-ring (bicyclic) bond motifs is 1. The van der Waals surface area contributed by atoms with Crippen molar-refractivity contribution in [1.29, 1.82) is 0 Å². The minimum atomic E-state index is 0.697. The van der Waals surface area contributed by atoms with E-state index in [1.165, 1.54) is 0 Å². The maximum atomic E-state index is 10.9. The molecule has 0 saturated heterocycles. The zero-order chi connectivity index (χ0) is 10.1. The molecule has 0 aliphatic rings. The molecule has 0 N–H and O–H groups in total. The summed E-state index contributed by atoms with van der Waals surface area (Å²) in [7, 11) is 0. The second kappa shape index (κ2) is 3.29. The number of hydrogen-bond acceptors (Lipinski definition) is 2. The fourth-order valence-electron chi connectivity index (χ4n) is 1.67. The summed E-state index contributed by atoms with van der Waals surface area (Å²) < 4.78 is 5.59. The Morgan fingerprint density at radius 3 is 2.86 bits per heavy atom. The van der Waals surface area contributed by atoms with E-state index in [-0.39, 0.29) is 0 Å².